The van der Waals surface area contributed by atoms with Crippen LogP contribution in [-0.4, -0.2) is 33.0 Å². The van der Waals surface area contributed by atoms with E-state index in [4.69, 9.17) is 0 Å². The molecule has 1 saturated carbocycles. The van der Waals surface area contributed by atoms with Crippen LogP contribution in [0.25, 0.3) is 11.1 Å². The molecule has 0 spiro atoms. The standard InChI is InChI=1S/C27H28N2O2/c1-17-12-23-16-29(25-4-3-5-26(25)30)27(31)24(23)15-22(17)14-19-6-8-20(9-7-19)21-10-11-28-18(2)13-21/h6-13,15,25-26,30H,3-5,14,16H2,1-2H3/t25-,26-/m0/s1. The van der Waals surface area contributed by atoms with Crippen LogP contribution in [-0.2, 0) is 13.0 Å². The molecule has 1 N–H and O–H groups in total. The van der Waals surface area contributed by atoms with Crippen molar-refractivity contribution in [2.75, 3.05) is 0 Å². The number of rotatable bonds is 4. The minimum absolute atomic E-state index is 0.0342. The smallest absolute Gasteiger partial charge is 0.254 e. The SMILES string of the molecule is Cc1cc(-c2ccc(Cc3cc4c(cc3C)CN([C@H]3CCC[C@@H]3O)C4=O)cc2)ccn1. The second kappa shape index (κ2) is 7.93. The number of aliphatic hydroxyl groups excluding tert-OH is 1. The van der Waals surface area contributed by atoms with Gasteiger partial charge in [-0.05, 0) is 91.1 Å². The Labute approximate surface area is 183 Å². The average molecular weight is 413 g/mol. The van der Waals surface area contributed by atoms with E-state index in [0.717, 1.165) is 42.5 Å². The molecule has 1 aliphatic heterocycles. The number of amides is 1. The van der Waals surface area contributed by atoms with Gasteiger partial charge in [-0.15, -0.1) is 0 Å². The minimum Gasteiger partial charge on any atom is -0.391 e. The molecular formula is C27H28N2O2. The van der Waals surface area contributed by atoms with Crippen molar-refractivity contribution in [3.05, 3.63) is 88.2 Å². The number of nitrogens with zero attached hydrogens (tertiary/aromatic N) is 2. The van der Waals surface area contributed by atoms with Gasteiger partial charge in [-0.1, -0.05) is 30.3 Å². The summed E-state index contributed by atoms with van der Waals surface area (Å²) >= 11 is 0. The van der Waals surface area contributed by atoms with Crippen LogP contribution in [0.1, 0.15) is 57.6 Å². The Morgan fingerprint density at radius 1 is 1.03 bits per heavy atom. The van der Waals surface area contributed by atoms with Gasteiger partial charge in [0.25, 0.3) is 5.91 Å². The van der Waals surface area contributed by atoms with E-state index in [0.29, 0.717) is 6.54 Å². The number of pyridine rings is 1. The first-order chi connectivity index (χ1) is 15.0. The second-order valence-corrected chi connectivity index (χ2v) is 8.99. The van der Waals surface area contributed by atoms with E-state index in [9.17, 15) is 9.90 Å². The lowest BCUT2D eigenvalue weighted by molar-refractivity contribution is 0.0479. The molecule has 1 amide bonds. The average Bonchev–Trinajstić information content (AvgIpc) is 3.32. The maximum absolute atomic E-state index is 13.1. The van der Waals surface area contributed by atoms with Gasteiger partial charge < -0.3 is 10.0 Å². The predicted molar refractivity (Wildman–Crippen MR) is 122 cm³/mol. The van der Waals surface area contributed by atoms with Crippen molar-refractivity contribution in [1.82, 2.24) is 9.88 Å². The Morgan fingerprint density at radius 2 is 1.84 bits per heavy atom. The third-order valence-electron chi connectivity index (χ3n) is 6.82. The van der Waals surface area contributed by atoms with Gasteiger partial charge in [0.1, 0.15) is 0 Å². The fraction of sp³-hybridized carbons (Fsp3) is 0.333. The molecular weight excluding hydrogens is 384 g/mol. The van der Waals surface area contributed by atoms with Crippen molar-refractivity contribution in [3.8, 4) is 11.1 Å². The maximum atomic E-state index is 13.1. The fourth-order valence-corrected chi connectivity index (χ4v) is 5.06. The summed E-state index contributed by atoms with van der Waals surface area (Å²) in [7, 11) is 0. The minimum atomic E-state index is -0.387. The van der Waals surface area contributed by atoms with Gasteiger partial charge in [-0.25, -0.2) is 0 Å². The third-order valence-corrected chi connectivity index (χ3v) is 6.82. The number of carbonyl (C=O) groups is 1. The summed E-state index contributed by atoms with van der Waals surface area (Å²) in [6, 6.07) is 17.0. The molecule has 0 unspecified atom stereocenters. The Kier molecular flexibility index (Phi) is 5.11. The lowest BCUT2D eigenvalue weighted by atomic mass is 9.95. The topological polar surface area (TPSA) is 53.4 Å². The molecule has 4 heteroatoms. The predicted octanol–water partition coefficient (Wildman–Crippen LogP) is 4.83. The summed E-state index contributed by atoms with van der Waals surface area (Å²) in [5.74, 6) is 0.0746. The van der Waals surface area contributed by atoms with Crippen molar-refractivity contribution < 1.29 is 9.90 Å². The zero-order valence-electron chi connectivity index (χ0n) is 18.1. The number of hydrogen-bond donors (Lipinski definition) is 1. The van der Waals surface area contributed by atoms with Crippen LogP contribution in [0.3, 0.4) is 0 Å². The molecule has 1 fully saturated rings. The largest absolute Gasteiger partial charge is 0.391 e. The fourth-order valence-electron chi connectivity index (χ4n) is 5.06. The van der Waals surface area contributed by atoms with E-state index in [1.165, 1.54) is 27.8 Å². The number of carbonyl (C=O) groups excluding carboxylic acids is 1. The molecule has 158 valence electrons. The number of aliphatic hydroxyl groups is 1. The van der Waals surface area contributed by atoms with Crippen LogP contribution >= 0.6 is 0 Å². The molecule has 31 heavy (non-hydrogen) atoms. The van der Waals surface area contributed by atoms with Gasteiger partial charge in [0.2, 0.25) is 0 Å². The number of aryl methyl sites for hydroxylation is 2. The zero-order valence-corrected chi connectivity index (χ0v) is 18.1. The summed E-state index contributed by atoms with van der Waals surface area (Å²) in [5, 5.41) is 10.3. The maximum Gasteiger partial charge on any atom is 0.254 e. The van der Waals surface area contributed by atoms with Crippen molar-refractivity contribution in [3.63, 3.8) is 0 Å². The molecule has 5 rings (SSSR count). The van der Waals surface area contributed by atoms with Crippen molar-refractivity contribution in [2.24, 2.45) is 0 Å². The van der Waals surface area contributed by atoms with Gasteiger partial charge in [0, 0.05) is 24.0 Å². The molecule has 2 atom stereocenters. The van der Waals surface area contributed by atoms with E-state index >= 15 is 0 Å². The Bertz CT molecular complexity index is 1140. The van der Waals surface area contributed by atoms with Crippen LogP contribution in [0.2, 0.25) is 0 Å². The summed E-state index contributed by atoms with van der Waals surface area (Å²) in [6.45, 7) is 4.75. The Morgan fingerprint density at radius 3 is 2.55 bits per heavy atom. The lowest BCUT2D eigenvalue weighted by Gasteiger charge is -2.26. The van der Waals surface area contributed by atoms with Crippen LogP contribution in [0.5, 0.6) is 0 Å². The normalized spacial score (nSPS) is 20.4. The van der Waals surface area contributed by atoms with Gasteiger partial charge in [0.05, 0.1) is 12.1 Å². The Balaban J connectivity index is 1.37. The summed E-state index contributed by atoms with van der Waals surface area (Å²) in [6.07, 6.45) is 4.94. The zero-order chi connectivity index (χ0) is 21.5. The van der Waals surface area contributed by atoms with Gasteiger partial charge in [-0.2, -0.15) is 0 Å². The molecule has 0 bridgehead atoms. The van der Waals surface area contributed by atoms with Crippen molar-refractivity contribution in [2.45, 2.75) is 58.2 Å². The van der Waals surface area contributed by atoms with E-state index in [2.05, 4.69) is 54.4 Å². The van der Waals surface area contributed by atoms with E-state index in [-0.39, 0.29) is 18.1 Å². The highest BCUT2D eigenvalue weighted by Gasteiger charge is 2.38. The highest BCUT2D eigenvalue weighted by atomic mass is 16.3. The van der Waals surface area contributed by atoms with Crippen molar-refractivity contribution in [1.29, 1.82) is 0 Å². The highest BCUT2D eigenvalue weighted by Crippen LogP contribution is 2.34. The number of aromatic nitrogens is 1. The molecule has 1 aromatic heterocycles. The molecule has 0 radical (unpaired) electrons. The summed E-state index contributed by atoms with van der Waals surface area (Å²) in [5.41, 5.74) is 8.90. The molecule has 1 aliphatic carbocycles. The van der Waals surface area contributed by atoms with E-state index < -0.39 is 0 Å². The Hall–Kier alpha value is -2.98. The second-order valence-electron chi connectivity index (χ2n) is 8.99. The molecule has 4 nitrogen and oxygen atoms in total. The number of hydrogen-bond acceptors (Lipinski definition) is 3. The van der Waals surface area contributed by atoms with Crippen LogP contribution < -0.4 is 0 Å². The van der Waals surface area contributed by atoms with Gasteiger partial charge in [-0.3, -0.25) is 9.78 Å². The number of benzene rings is 2. The number of fused-ring (bicyclic) bond motifs is 1. The molecule has 2 heterocycles. The quantitative estimate of drug-likeness (QED) is 0.668. The van der Waals surface area contributed by atoms with Gasteiger partial charge in [0.15, 0.2) is 0 Å². The molecule has 0 saturated heterocycles. The monoisotopic (exact) mass is 412 g/mol. The first-order valence-corrected chi connectivity index (χ1v) is 11.1. The van der Waals surface area contributed by atoms with Gasteiger partial charge >= 0.3 is 0 Å². The summed E-state index contributed by atoms with van der Waals surface area (Å²) < 4.78 is 0. The summed E-state index contributed by atoms with van der Waals surface area (Å²) in [4.78, 5) is 19.2. The lowest BCUT2D eigenvalue weighted by Crippen LogP contribution is -2.40. The molecule has 3 aromatic rings. The van der Waals surface area contributed by atoms with E-state index in [1.54, 1.807) is 0 Å². The van der Waals surface area contributed by atoms with Crippen molar-refractivity contribution >= 4 is 5.91 Å². The third kappa shape index (κ3) is 3.77. The highest BCUT2D eigenvalue weighted by molar-refractivity contribution is 5.99. The van der Waals surface area contributed by atoms with E-state index in [1.807, 2.05) is 24.1 Å². The van der Waals surface area contributed by atoms with Crippen LogP contribution in [0, 0.1) is 13.8 Å². The first-order valence-electron chi connectivity index (χ1n) is 11.1. The molecule has 2 aromatic carbocycles. The molecule has 2 aliphatic rings. The van der Waals surface area contributed by atoms with Crippen LogP contribution in [0.15, 0.2) is 54.7 Å². The first kappa shape index (κ1) is 20.0. The van der Waals surface area contributed by atoms with Crippen LogP contribution in [0.4, 0.5) is 0 Å².